The van der Waals surface area contributed by atoms with Crippen LogP contribution in [0.5, 0.6) is 0 Å². The Morgan fingerprint density at radius 1 is 0.556 bits per heavy atom. The van der Waals surface area contributed by atoms with Gasteiger partial charge in [0.15, 0.2) is 0 Å². The quantitative estimate of drug-likeness (QED) is 0.420. The number of hydrogen-bond acceptors (Lipinski definition) is 1. The van der Waals surface area contributed by atoms with E-state index in [1.807, 2.05) is 42.5 Å². The number of rotatable bonds is 4. The summed E-state index contributed by atoms with van der Waals surface area (Å²) in [6.07, 6.45) is 2.07. The van der Waals surface area contributed by atoms with Gasteiger partial charge in [-0.2, -0.15) is 0 Å². The normalized spacial score (nSPS) is 11.3. The molecule has 1 nitrogen and oxygen atoms in total. The van der Waals surface area contributed by atoms with Gasteiger partial charge in [-0.25, -0.2) is 0 Å². The fourth-order valence-electron chi connectivity index (χ4n) is 3.36. The Labute approximate surface area is 160 Å². The fraction of sp³-hybridized carbons (Fsp3) is 0. The van der Waals surface area contributed by atoms with Crippen molar-refractivity contribution in [2.45, 2.75) is 0 Å². The van der Waals surface area contributed by atoms with Crippen LogP contribution in [0.25, 0.3) is 34.0 Å². The molecule has 0 aromatic heterocycles. The third-order valence-corrected chi connectivity index (χ3v) is 4.66. The molecule has 0 heterocycles. The largest absolute Gasteiger partial charge is 0.398 e. The predicted octanol–water partition coefficient (Wildman–Crippen LogP) is 6.48. The van der Waals surface area contributed by atoms with Crippen LogP contribution in [0.2, 0.25) is 0 Å². The Bertz CT molecular complexity index is 1050. The number of hydrogen-bond donors (Lipinski definition) is 1. The van der Waals surface area contributed by atoms with E-state index in [1.54, 1.807) is 0 Å². The zero-order valence-electron chi connectivity index (χ0n) is 15.0. The predicted molar refractivity (Wildman–Crippen MR) is 116 cm³/mol. The monoisotopic (exact) mass is 347 g/mol. The molecule has 0 bridgehead atoms. The molecule has 0 atom stereocenters. The summed E-state index contributed by atoms with van der Waals surface area (Å²) in [5.41, 5.74) is 14.1. The minimum atomic E-state index is 0.762. The lowest BCUT2D eigenvalue weighted by molar-refractivity contribution is 1.52. The van der Waals surface area contributed by atoms with Gasteiger partial charge in [-0.3, -0.25) is 0 Å². The van der Waals surface area contributed by atoms with Crippen LogP contribution in [-0.4, -0.2) is 0 Å². The van der Waals surface area contributed by atoms with Crippen LogP contribution >= 0.6 is 0 Å². The first-order chi connectivity index (χ1) is 13.3. The van der Waals surface area contributed by atoms with Crippen molar-refractivity contribution in [2.75, 3.05) is 0 Å². The number of nitrogens with two attached hydrogens (primary N) is 1. The molecule has 0 saturated heterocycles. The van der Waals surface area contributed by atoms with Crippen LogP contribution in [0.1, 0.15) is 11.1 Å². The third kappa shape index (κ3) is 3.68. The van der Waals surface area contributed by atoms with Crippen molar-refractivity contribution in [3.8, 4) is 22.3 Å². The van der Waals surface area contributed by atoms with Gasteiger partial charge in [0.1, 0.15) is 0 Å². The maximum atomic E-state index is 6.42. The summed E-state index contributed by atoms with van der Waals surface area (Å²) < 4.78 is 0. The zero-order valence-corrected chi connectivity index (χ0v) is 15.0. The van der Waals surface area contributed by atoms with E-state index in [-0.39, 0.29) is 0 Å². The van der Waals surface area contributed by atoms with Crippen LogP contribution in [0.3, 0.4) is 0 Å². The van der Waals surface area contributed by atoms with E-state index in [2.05, 4.69) is 72.8 Å². The molecule has 1 heteroatoms. The summed E-state index contributed by atoms with van der Waals surface area (Å²) in [7, 11) is 0. The Hall–Kier alpha value is -3.58. The van der Waals surface area contributed by atoms with Gasteiger partial charge in [-0.05, 0) is 39.5 Å². The Morgan fingerprint density at radius 3 is 1.74 bits per heavy atom. The van der Waals surface area contributed by atoms with Gasteiger partial charge in [0.05, 0.1) is 0 Å². The molecular weight excluding hydrogens is 326 g/mol. The van der Waals surface area contributed by atoms with Crippen molar-refractivity contribution >= 4 is 11.8 Å². The summed E-state index contributed by atoms with van der Waals surface area (Å²) in [6.45, 7) is 0. The molecule has 0 radical (unpaired) electrons. The highest BCUT2D eigenvalue weighted by molar-refractivity contribution is 5.93. The average molecular weight is 347 g/mol. The molecule has 0 unspecified atom stereocenters. The molecule has 0 fully saturated rings. The first-order valence-corrected chi connectivity index (χ1v) is 9.09. The van der Waals surface area contributed by atoms with E-state index in [4.69, 9.17) is 5.73 Å². The molecule has 0 aliphatic carbocycles. The van der Waals surface area contributed by atoms with E-state index in [1.165, 1.54) is 22.3 Å². The summed E-state index contributed by atoms with van der Waals surface area (Å²) in [6, 6.07) is 37.5. The second kappa shape index (κ2) is 7.76. The Morgan fingerprint density at radius 2 is 1.11 bits per heavy atom. The third-order valence-electron chi connectivity index (χ3n) is 4.66. The Balaban J connectivity index is 1.92. The van der Waals surface area contributed by atoms with Crippen LogP contribution < -0.4 is 5.73 Å². The van der Waals surface area contributed by atoms with Crippen molar-refractivity contribution < 1.29 is 0 Å². The summed E-state index contributed by atoms with van der Waals surface area (Å²) in [5, 5.41) is 0. The van der Waals surface area contributed by atoms with E-state index >= 15 is 0 Å². The summed E-state index contributed by atoms with van der Waals surface area (Å²) >= 11 is 0. The highest BCUT2D eigenvalue weighted by Crippen LogP contribution is 2.36. The molecular formula is C26H21N. The van der Waals surface area contributed by atoms with Gasteiger partial charge < -0.3 is 5.73 Å². The SMILES string of the molecule is NC(=Cc1cccc(-c2ccccc2)c1-c1ccccc1)c1ccccc1. The molecule has 27 heavy (non-hydrogen) atoms. The molecule has 4 aromatic carbocycles. The highest BCUT2D eigenvalue weighted by Gasteiger charge is 2.11. The minimum absolute atomic E-state index is 0.762. The van der Waals surface area contributed by atoms with E-state index in [0.29, 0.717) is 0 Å². The molecule has 4 rings (SSSR count). The van der Waals surface area contributed by atoms with Gasteiger partial charge in [0.25, 0.3) is 0 Å². The second-order valence-electron chi connectivity index (χ2n) is 6.47. The van der Waals surface area contributed by atoms with Crippen LogP contribution in [0.15, 0.2) is 109 Å². The maximum Gasteiger partial charge on any atom is 0.0393 e. The zero-order chi connectivity index (χ0) is 18.5. The van der Waals surface area contributed by atoms with Crippen LogP contribution in [0.4, 0.5) is 0 Å². The van der Waals surface area contributed by atoms with Gasteiger partial charge in [0, 0.05) is 5.70 Å². The van der Waals surface area contributed by atoms with Crippen molar-refractivity contribution in [3.05, 3.63) is 120 Å². The Kier molecular flexibility index (Phi) is 4.84. The van der Waals surface area contributed by atoms with E-state index in [9.17, 15) is 0 Å². The van der Waals surface area contributed by atoms with Crippen molar-refractivity contribution in [2.24, 2.45) is 5.73 Å². The lowest BCUT2D eigenvalue weighted by atomic mass is 9.90. The van der Waals surface area contributed by atoms with E-state index in [0.717, 1.165) is 16.8 Å². The van der Waals surface area contributed by atoms with Crippen molar-refractivity contribution in [1.29, 1.82) is 0 Å². The van der Waals surface area contributed by atoms with Crippen LogP contribution in [-0.2, 0) is 0 Å². The second-order valence-corrected chi connectivity index (χ2v) is 6.47. The first kappa shape index (κ1) is 16.9. The van der Waals surface area contributed by atoms with Gasteiger partial charge >= 0.3 is 0 Å². The average Bonchev–Trinajstić information content (AvgIpc) is 2.75. The molecule has 4 aromatic rings. The molecule has 0 aliphatic heterocycles. The minimum Gasteiger partial charge on any atom is -0.398 e. The van der Waals surface area contributed by atoms with Gasteiger partial charge in [-0.15, -0.1) is 0 Å². The standard InChI is InChI=1S/C26H21N/c27-25(21-13-6-2-7-14-21)19-23-17-10-18-24(20-11-4-1-5-12-20)26(23)22-15-8-3-9-16-22/h1-19H,27H2. The van der Waals surface area contributed by atoms with Crippen LogP contribution in [0, 0.1) is 0 Å². The first-order valence-electron chi connectivity index (χ1n) is 9.09. The smallest absolute Gasteiger partial charge is 0.0393 e. The van der Waals surface area contributed by atoms with Crippen molar-refractivity contribution in [1.82, 2.24) is 0 Å². The lowest BCUT2D eigenvalue weighted by Gasteiger charge is -2.15. The molecule has 130 valence electrons. The van der Waals surface area contributed by atoms with Gasteiger partial charge in [-0.1, -0.05) is 109 Å². The lowest BCUT2D eigenvalue weighted by Crippen LogP contribution is -1.97. The summed E-state index contributed by atoms with van der Waals surface area (Å²) in [4.78, 5) is 0. The van der Waals surface area contributed by atoms with E-state index < -0.39 is 0 Å². The molecule has 0 spiro atoms. The maximum absolute atomic E-state index is 6.42. The van der Waals surface area contributed by atoms with Crippen molar-refractivity contribution in [3.63, 3.8) is 0 Å². The summed E-state index contributed by atoms with van der Waals surface area (Å²) in [5.74, 6) is 0. The molecule has 0 amide bonds. The van der Waals surface area contributed by atoms with Gasteiger partial charge in [0.2, 0.25) is 0 Å². The molecule has 0 aliphatic rings. The number of benzene rings is 4. The molecule has 2 N–H and O–H groups in total. The molecule has 0 saturated carbocycles. The topological polar surface area (TPSA) is 26.0 Å². The fourth-order valence-corrected chi connectivity index (χ4v) is 3.36. The highest BCUT2D eigenvalue weighted by atomic mass is 14.6.